The summed E-state index contributed by atoms with van der Waals surface area (Å²) in [5.74, 6) is -0.508. The zero-order valence-electron chi connectivity index (χ0n) is 11.9. The Morgan fingerprint density at radius 3 is 2.86 bits per heavy atom. The van der Waals surface area contributed by atoms with Crippen LogP contribution in [-0.2, 0) is 6.54 Å². The van der Waals surface area contributed by atoms with Crippen molar-refractivity contribution in [3.05, 3.63) is 63.8 Å². The van der Waals surface area contributed by atoms with Crippen LogP contribution in [0.5, 0.6) is 0 Å². The quantitative estimate of drug-likeness (QED) is 0.801. The molecule has 0 spiro atoms. The van der Waals surface area contributed by atoms with Crippen LogP contribution in [0.15, 0.2) is 45.7 Å². The van der Waals surface area contributed by atoms with Crippen molar-refractivity contribution < 1.29 is 9.52 Å². The van der Waals surface area contributed by atoms with E-state index in [0.717, 1.165) is 11.1 Å². The molecule has 0 saturated carbocycles. The van der Waals surface area contributed by atoms with E-state index in [2.05, 4.69) is 4.98 Å². The molecular weight excluding hydrogens is 268 g/mol. The summed E-state index contributed by atoms with van der Waals surface area (Å²) < 4.78 is 6.47. The van der Waals surface area contributed by atoms with Gasteiger partial charge in [-0.2, -0.15) is 0 Å². The summed E-state index contributed by atoms with van der Waals surface area (Å²) in [6.45, 7) is 4.13. The molecular formula is C16H16N2O3. The number of oxazole rings is 1. The number of benzene rings is 1. The van der Waals surface area contributed by atoms with Gasteiger partial charge >= 0.3 is 5.76 Å². The van der Waals surface area contributed by atoms with Gasteiger partial charge in [0.15, 0.2) is 11.2 Å². The van der Waals surface area contributed by atoms with E-state index in [9.17, 15) is 9.90 Å². The van der Waals surface area contributed by atoms with Gasteiger partial charge < -0.3 is 9.52 Å². The van der Waals surface area contributed by atoms with Gasteiger partial charge in [-0.25, -0.2) is 9.78 Å². The number of pyridine rings is 1. The van der Waals surface area contributed by atoms with Crippen LogP contribution < -0.4 is 5.76 Å². The average molecular weight is 284 g/mol. The number of aryl methyl sites for hydroxylation is 2. The van der Waals surface area contributed by atoms with Gasteiger partial charge in [-0.15, -0.1) is 0 Å². The Labute approximate surface area is 121 Å². The number of aromatic nitrogens is 2. The smallest absolute Gasteiger partial charge is 0.406 e. The molecule has 1 atom stereocenters. The highest BCUT2D eigenvalue weighted by atomic mass is 16.4. The molecule has 0 radical (unpaired) electrons. The molecule has 0 aliphatic heterocycles. The van der Waals surface area contributed by atoms with E-state index < -0.39 is 11.9 Å². The Morgan fingerprint density at radius 1 is 1.29 bits per heavy atom. The Hall–Kier alpha value is -2.40. The van der Waals surface area contributed by atoms with Crippen LogP contribution in [0, 0.1) is 13.8 Å². The summed E-state index contributed by atoms with van der Waals surface area (Å²) in [4.78, 5) is 16.0. The maximum atomic E-state index is 11.9. The summed E-state index contributed by atoms with van der Waals surface area (Å²) in [5.41, 5.74) is 3.92. The van der Waals surface area contributed by atoms with Crippen LogP contribution in [-0.4, -0.2) is 14.7 Å². The van der Waals surface area contributed by atoms with Crippen LogP contribution in [0.1, 0.15) is 22.8 Å². The number of hydrogen-bond acceptors (Lipinski definition) is 4. The van der Waals surface area contributed by atoms with Crippen molar-refractivity contribution in [2.75, 3.05) is 0 Å². The van der Waals surface area contributed by atoms with Gasteiger partial charge in [0, 0.05) is 6.20 Å². The number of aliphatic hydroxyl groups excluding tert-OH is 1. The monoisotopic (exact) mass is 284 g/mol. The van der Waals surface area contributed by atoms with Gasteiger partial charge in [-0.1, -0.05) is 18.2 Å². The summed E-state index contributed by atoms with van der Waals surface area (Å²) in [6.07, 6.45) is 0.806. The molecule has 0 fully saturated rings. The van der Waals surface area contributed by atoms with E-state index in [1.807, 2.05) is 32.0 Å². The Kier molecular flexibility index (Phi) is 3.35. The van der Waals surface area contributed by atoms with Crippen LogP contribution in [0.3, 0.4) is 0 Å². The lowest BCUT2D eigenvalue weighted by Gasteiger charge is -2.12. The van der Waals surface area contributed by atoms with E-state index in [-0.39, 0.29) is 6.54 Å². The largest absolute Gasteiger partial charge is 0.421 e. The van der Waals surface area contributed by atoms with Crippen molar-refractivity contribution in [2.24, 2.45) is 0 Å². The van der Waals surface area contributed by atoms with Crippen molar-refractivity contribution >= 4 is 11.2 Å². The Morgan fingerprint density at radius 2 is 2.10 bits per heavy atom. The minimum absolute atomic E-state index is 0.116. The Balaban J connectivity index is 1.96. The topological polar surface area (TPSA) is 68.3 Å². The van der Waals surface area contributed by atoms with Gasteiger partial charge in [-0.05, 0) is 42.7 Å². The second-order valence-corrected chi connectivity index (χ2v) is 5.16. The van der Waals surface area contributed by atoms with Gasteiger partial charge in [0.1, 0.15) is 0 Å². The SMILES string of the molecule is Cc1ccc(C(O)Cn2c(=O)oc3cccnc32)cc1C. The number of aliphatic hydroxyl groups is 1. The molecule has 2 heterocycles. The first-order valence-electron chi connectivity index (χ1n) is 6.76. The molecule has 5 nitrogen and oxygen atoms in total. The molecule has 3 aromatic rings. The van der Waals surface area contributed by atoms with E-state index in [1.165, 1.54) is 10.1 Å². The third-order valence-corrected chi connectivity index (χ3v) is 3.70. The molecule has 0 saturated heterocycles. The van der Waals surface area contributed by atoms with Crippen LogP contribution in [0.25, 0.3) is 11.2 Å². The van der Waals surface area contributed by atoms with Crippen LogP contribution >= 0.6 is 0 Å². The van der Waals surface area contributed by atoms with E-state index >= 15 is 0 Å². The zero-order chi connectivity index (χ0) is 15.0. The van der Waals surface area contributed by atoms with E-state index in [0.29, 0.717) is 11.2 Å². The van der Waals surface area contributed by atoms with Crippen LogP contribution in [0.4, 0.5) is 0 Å². The third kappa shape index (κ3) is 2.48. The minimum atomic E-state index is -0.787. The summed E-state index contributed by atoms with van der Waals surface area (Å²) in [6, 6.07) is 9.15. The molecule has 1 aromatic carbocycles. The van der Waals surface area contributed by atoms with Crippen molar-refractivity contribution in [1.82, 2.24) is 9.55 Å². The van der Waals surface area contributed by atoms with E-state index in [4.69, 9.17) is 4.42 Å². The Bertz CT molecular complexity index is 848. The molecule has 5 heteroatoms. The molecule has 21 heavy (non-hydrogen) atoms. The molecule has 0 amide bonds. The number of nitrogens with zero attached hydrogens (tertiary/aromatic N) is 2. The van der Waals surface area contributed by atoms with Crippen LogP contribution in [0.2, 0.25) is 0 Å². The molecule has 108 valence electrons. The van der Waals surface area contributed by atoms with Crippen molar-refractivity contribution in [3.8, 4) is 0 Å². The molecule has 2 aromatic heterocycles. The molecule has 3 rings (SSSR count). The molecule has 0 aliphatic carbocycles. The van der Waals surface area contributed by atoms with Crippen molar-refractivity contribution in [1.29, 1.82) is 0 Å². The highest BCUT2D eigenvalue weighted by molar-refractivity contribution is 5.67. The predicted molar refractivity (Wildman–Crippen MR) is 79.1 cm³/mol. The fourth-order valence-corrected chi connectivity index (χ4v) is 2.31. The average Bonchev–Trinajstić information content (AvgIpc) is 2.78. The van der Waals surface area contributed by atoms with Crippen molar-refractivity contribution in [2.45, 2.75) is 26.5 Å². The lowest BCUT2D eigenvalue weighted by atomic mass is 10.0. The standard InChI is InChI=1S/C16H16N2O3/c1-10-5-6-12(8-11(10)2)13(19)9-18-15-14(21-16(18)20)4-3-7-17-15/h3-8,13,19H,9H2,1-2H3. The highest BCUT2D eigenvalue weighted by Crippen LogP contribution is 2.20. The predicted octanol–water partition coefficient (Wildman–Crippen LogP) is 2.34. The fraction of sp³-hybridized carbons (Fsp3) is 0.250. The molecule has 1 N–H and O–H groups in total. The molecule has 1 unspecified atom stereocenters. The van der Waals surface area contributed by atoms with Gasteiger partial charge in [0.05, 0.1) is 12.6 Å². The lowest BCUT2D eigenvalue weighted by Crippen LogP contribution is -2.19. The minimum Gasteiger partial charge on any atom is -0.406 e. The molecule has 0 bridgehead atoms. The number of fused-ring (bicyclic) bond motifs is 1. The maximum Gasteiger partial charge on any atom is 0.421 e. The molecule has 0 aliphatic rings. The van der Waals surface area contributed by atoms with Gasteiger partial charge in [0.25, 0.3) is 0 Å². The lowest BCUT2D eigenvalue weighted by molar-refractivity contribution is 0.154. The summed E-state index contributed by atoms with van der Waals surface area (Å²) >= 11 is 0. The maximum absolute atomic E-state index is 11.9. The third-order valence-electron chi connectivity index (χ3n) is 3.70. The summed E-state index contributed by atoms with van der Waals surface area (Å²) in [5, 5.41) is 10.4. The van der Waals surface area contributed by atoms with Gasteiger partial charge in [0.2, 0.25) is 0 Å². The second kappa shape index (κ2) is 5.18. The number of rotatable bonds is 3. The fourth-order valence-electron chi connectivity index (χ4n) is 2.31. The number of hydrogen-bond donors (Lipinski definition) is 1. The normalized spacial score (nSPS) is 12.7. The first-order valence-corrected chi connectivity index (χ1v) is 6.76. The van der Waals surface area contributed by atoms with E-state index in [1.54, 1.807) is 18.3 Å². The highest BCUT2D eigenvalue weighted by Gasteiger charge is 2.15. The van der Waals surface area contributed by atoms with Gasteiger partial charge in [-0.3, -0.25) is 4.57 Å². The zero-order valence-corrected chi connectivity index (χ0v) is 11.9. The van der Waals surface area contributed by atoms with Crippen molar-refractivity contribution in [3.63, 3.8) is 0 Å². The first-order chi connectivity index (χ1) is 10.1. The summed E-state index contributed by atoms with van der Waals surface area (Å²) in [7, 11) is 0. The second-order valence-electron chi connectivity index (χ2n) is 5.16. The first kappa shape index (κ1) is 13.6.